The Kier molecular flexibility index (Phi) is 12.4. The number of hydrogen-bond acceptors (Lipinski definition) is 12. The number of fused-ring (bicyclic) bond motifs is 1. The second kappa shape index (κ2) is 15.7. The Labute approximate surface area is 243 Å². The zero-order valence-electron chi connectivity index (χ0n) is 23.0. The summed E-state index contributed by atoms with van der Waals surface area (Å²) in [5.41, 5.74) is 0.631. The second-order valence-corrected chi connectivity index (χ2v) is 11.2. The summed E-state index contributed by atoms with van der Waals surface area (Å²) in [6, 6.07) is 19.0. The van der Waals surface area contributed by atoms with E-state index in [1.807, 2.05) is 67.6 Å². The van der Waals surface area contributed by atoms with E-state index < -0.39 is 73.5 Å². The van der Waals surface area contributed by atoms with E-state index in [9.17, 15) is 25.5 Å². The minimum absolute atomic E-state index is 0.174. The molecule has 12 heteroatoms. The van der Waals surface area contributed by atoms with Crippen molar-refractivity contribution in [1.29, 1.82) is 0 Å². The van der Waals surface area contributed by atoms with Crippen LogP contribution in [0.15, 0.2) is 60.7 Å². The minimum atomic E-state index is -1.81. The largest absolute Gasteiger partial charge is 0.394 e. The van der Waals surface area contributed by atoms with Crippen LogP contribution in [0.2, 0.25) is 0 Å². The zero-order valence-corrected chi connectivity index (χ0v) is 23.9. The topological polar surface area (TPSA) is 157 Å². The van der Waals surface area contributed by atoms with Gasteiger partial charge >= 0.3 is 0 Å². The molecule has 2 heterocycles. The molecule has 41 heavy (non-hydrogen) atoms. The molecule has 4 rings (SSSR count). The van der Waals surface area contributed by atoms with E-state index in [0.717, 1.165) is 11.1 Å². The molecule has 228 valence electrons. The molecule has 0 unspecified atom stereocenters. The van der Waals surface area contributed by atoms with Gasteiger partial charge in [-0.15, -0.1) is 11.8 Å². The number of hydrogen-bond donors (Lipinski definition) is 5. The maximum Gasteiger partial charge on any atom is 0.186 e. The second-order valence-electron chi connectivity index (χ2n) is 9.86. The first-order valence-corrected chi connectivity index (χ1v) is 14.7. The molecular formula is C29H40O11S. The van der Waals surface area contributed by atoms with Crippen molar-refractivity contribution in [1.82, 2.24) is 0 Å². The molecule has 2 aliphatic heterocycles. The molecule has 11 atom stereocenters. The van der Waals surface area contributed by atoms with Gasteiger partial charge in [-0.2, -0.15) is 0 Å². The number of ether oxygens (including phenoxy) is 6. The van der Waals surface area contributed by atoms with Crippen molar-refractivity contribution < 1.29 is 54.0 Å². The van der Waals surface area contributed by atoms with Gasteiger partial charge in [-0.05, 0) is 11.3 Å². The molecule has 2 saturated heterocycles. The Morgan fingerprint density at radius 3 is 2.22 bits per heavy atom. The number of methoxy groups -OCH3 is 1. The first-order valence-electron chi connectivity index (χ1n) is 13.6. The summed E-state index contributed by atoms with van der Waals surface area (Å²) in [5.74, 6) is 0.490. The van der Waals surface area contributed by atoms with Gasteiger partial charge in [0.15, 0.2) is 12.6 Å². The van der Waals surface area contributed by atoms with Crippen LogP contribution >= 0.6 is 11.8 Å². The molecule has 0 saturated carbocycles. The highest BCUT2D eigenvalue weighted by atomic mass is 32.2. The third-order valence-corrected chi connectivity index (χ3v) is 8.11. The highest BCUT2D eigenvalue weighted by Gasteiger charge is 2.53. The molecule has 0 aromatic heterocycles. The Hall–Kier alpha value is -1.65. The Morgan fingerprint density at radius 2 is 1.59 bits per heavy atom. The first-order chi connectivity index (χ1) is 19.9. The van der Waals surface area contributed by atoms with Crippen molar-refractivity contribution in [2.75, 3.05) is 26.1 Å². The number of rotatable bonds is 14. The molecule has 0 bridgehead atoms. The van der Waals surface area contributed by atoms with Crippen LogP contribution in [-0.2, 0) is 35.0 Å². The van der Waals surface area contributed by atoms with E-state index in [2.05, 4.69) is 0 Å². The van der Waals surface area contributed by atoms with Gasteiger partial charge < -0.3 is 54.0 Å². The van der Waals surface area contributed by atoms with Crippen LogP contribution < -0.4 is 0 Å². The smallest absolute Gasteiger partial charge is 0.186 e. The number of thioether (sulfide) groups is 1. The summed E-state index contributed by atoms with van der Waals surface area (Å²) in [7, 11) is 1.49. The predicted octanol–water partition coefficient (Wildman–Crippen LogP) is 0.958. The third-order valence-electron chi connectivity index (χ3n) is 7.06. The van der Waals surface area contributed by atoms with Crippen LogP contribution in [0.5, 0.6) is 0 Å². The van der Waals surface area contributed by atoms with Crippen molar-refractivity contribution in [3.8, 4) is 0 Å². The maximum absolute atomic E-state index is 11.1. The highest BCUT2D eigenvalue weighted by Crippen LogP contribution is 2.38. The standard InChI is InChI=1S/C29H40O11S/c1-3-41-29(23(34)22(33)21(32)19(31)14-30)40-25-24-20(16-37-27(39-24)18-12-8-5-9-13-18)38-28(35-2)26(25)36-15-17-10-6-4-7-11-17/h4-13,19-34H,3,14-16H2,1-2H3/t19-,20+,21-,22-,23+,24+,25-,26-,27+,28-,29+/m0/s1. The Balaban J connectivity index is 1.63. The van der Waals surface area contributed by atoms with Crippen molar-refractivity contribution in [2.24, 2.45) is 0 Å². The number of aliphatic hydroxyl groups is 5. The van der Waals surface area contributed by atoms with Gasteiger partial charge in [-0.3, -0.25) is 0 Å². The highest BCUT2D eigenvalue weighted by molar-refractivity contribution is 7.99. The summed E-state index contributed by atoms with van der Waals surface area (Å²) in [6.45, 7) is 1.45. The average molecular weight is 597 g/mol. The fourth-order valence-corrected chi connectivity index (χ4v) is 5.74. The quantitative estimate of drug-likeness (QED) is 0.197. The molecule has 2 aliphatic rings. The lowest BCUT2D eigenvalue weighted by Crippen LogP contribution is -2.64. The van der Waals surface area contributed by atoms with E-state index in [-0.39, 0.29) is 13.2 Å². The Bertz CT molecular complexity index is 1010. The molecule has 11 nitrogen and oxygen atoms in total. The Morgan fingerprint density at radius 1 is 0.902 bits per heavy atom. The van der Waals surface area contributed by atoms with Crippen molar-refractivity contribution in [2.45, 2.75) is 80.4 Å². The minimum Gasteiger partial charge on any atom is -0.394 e. The molecule has 2 aromatic rings. The lowest BCUT2D eigenvalue weighted by molar-refractivity contribution is -0.371. The van der Waals surface area contributed by atoms with Gasteiger partial charge in [0.2, 0.25) is 0 Å². The monoisotopic (exact) mass is 596 g/mol. The molecule has 2 aromatic carbocycles. The van der Waals surface area contributed by atoms with Crippen LogP contribution in [-0.4, -0.2) is 112 Å². The van der Waals surface area contributed by atoms with Gasteiger partial charge in [0.05, 0.1) is 19.8 Å². The summed E-state index contributed by atoms with van der Waals surface area (Å²) >= 11 is 1.19. The van der Waals surface area contributed by atoms with Gasteiger partial charge in [-0.1, -0.05) is 67.6 Å². The van der Waals surface area contributed by atoms with Crippen LogP contribution in [0.4, 0.5) is 0 Å². The van der Waals surface area contributed by atoms with Crippen molar-refractivity contribution in [3.63, 3.8) is 0 Å². The summed E-state index contributed by atoms with van der Waals surface area (Å²) in [6.07, 6.45) is -11.5. The van der Waals surface area contributed by atoms with E-state index >= 15 is 0 Å². The van der Waals surface area contributed by atoms with Crippen molar-refractivity contribution in [3.05, 3.63) is 71.8 Å². The fourth-order valence-electron chi connectivity index (χ4n) is 4.85. The van der Waals surface area contributed by atoms with E-state index in [1.54, 1.807) is 0 Å². The SMILES string of the molecule is CCS[C@@H](O[C@@H]1[C@H](OCc2ccccc2)[C@@H](OC)O[C@@H]2CO[C@@H](c3ccccc3)O[C@@H]12)[C@H](O)[C@@H](O)[C@@H](O)[C@@H](O)CO. The maximum atomic E-state index is 11.1. The molecule has 0 amide bonds. The molecule has 0 aliphatic carbocycles. The summed E-state index contributed by atoms with van der Waals surface area (Å²) < 4.78 is 37.0. The predicted molar refractivity (Wildman–Crippen MR) is 149 cm³/mol. The molecular weight excluding hydrogens is 556 g/mol. The third kappa shape index (κ3) is 8.05. The molecule has 2 fully saturated rings. The number of aliphatic hydroxyl groups excluding tert-OH is 5. The van der Waals surface area contributed by atoms with E-state index in [1.165, 1.54) is 18.9 Å². The van der Waals surface area contributed by atoms with Crippen LogP contribution in [0, 0.1) is 0 Å². The zero-order chi connectivity index (χ0) is 29.4. The van der Waals surface area contributed by atoms with Crippen LogP contribution in [0.25, 0.3) is 0 Å². The van der Waals surface area contributed by atoms with Gasteiger partial charge in [0.25, 0.3) is 0 Å². The summed E-state index contributed by atoms with van der Waals surface area (Å²) in [4.78, 5) is 0. The normalized spacial score (nSPS) is 30.1. The van der Waals surface area contributed by atoms with Gasteiger partial charge in [0, 0.05) is 12.7 Å². The number of benzene rings is 2. The lowest BCUT2D eigenvalue weighted by Gasteiger charge is -2.49. The summed E-state index contributed by atoms with van der Waals surface area (Å²) in [5, 5.41) is 51.1. The first kappa shape index (κ1) is 32.3. The average Bonchev–Trinajstić information content (AvgIpc) is 3.02. The fraction of sp³-hybridized carbons (Fsp3) is 0.586. The van der Waals surface area contributed by atoms with Crippen molar-refractivity contribution >= 4 is 11.8 Å². The molecule has 5 N–H and O–H groups in total. The molecule has 0 radical (unpaired) electrons. The van der Waals surface area contributed by atoms with Gasteiger partial charge in [-0.25, -0.2) is 0 Å². The van der Waals surface area contributed by atoms with Crippen LogP contribution in [0.3, 0.4) is 0 Å². The van der Waals surface area contributed by atoms with E-state index in [4.69, 9.17) is 28.4 Å². The van der Waals surface area contributed by atoms with Crippen LogP contribution in [0.1, 0.15) is 24.3 Å². The van der Waals surface area contributed by atoms with E-state index in [0.29, 0.717) is 5.75 Å². The lowest BCUT2D eigenvalue weighted by atomic mass is 9.96. The van der Waals surface area contributed by atoms with Gasteiger partial charge in [0.1, 0.15) is 54.3 Å². The molecule has 0 spiro atoms.